The highest BCUT2D eigenvalue weighted by molar-refractivity contribution is 5.22. The quantitative estimate of drug-likeness (QED) is 0.548. The van der Waals surface area contributed by atoms with Crippen LogP contribution >= 0.6 is 0 Å². The average molecular weight is 275 g/mol. The number of hydrogen-bond acceptors (Lipinski definition) is 1. The first-order valence-electron chi connectivity index (χ1n) is 8.52. The summed E-state index contributed by atoms with van der Waals surface area (Å²) < 4.78 is 0. The number of aryl methyl sites for hydroxylation is 1. The van der Waals surface area contributed by atoms with E-state index >= 15 is 0 Å². The van der Waals surface area contributed by atoms with Gasteiger partial charge in [0.2, 0.25) is 0 Å². The molecule has 0 fully saturated rings. The summed E-state index contributed by atoms with van der Waals surface area (Å²) in [5.74, 6) is 0.660. The maximum absolute atomic E-state index is 5.94. The van der Waals surface area contributed by atoms with Crippen LogP contribution in [0, 0.1) is 12.8 Å². The van der Waals surface area contributed by atoms with Crippen molar-refractivity contribution in [1.82, 2.24) is 0 Å². The SMILES string of the molecule is CCCCCCCCCC(CN)Cc1cccc(C)c1. The van der Waals surface area contributed by atoms with E-state index in [0.717, 1.165) is 13.0 Å². The summed E-state index contributed by atoms with van der Waals surface area (Å²) in [5, 5.41) is 0. The molecule has 0 aromatic heterocycles. The first-order chi connectivity index (χ1) is 9.76. The molecule has 0 bridgehead atoms. The zero-order chi connectivity index (χ0) is 14.6. The smallest absolute Gasteiger partial charge is 0.00457 e. The summed E-state index contributed by atoms with van der Waals surface area (Å²) in [6.07, 6.45) is 12.1. The molecule has 1 aromatic carbocycles. The second-order valence-corrected chi connectivity index (χ2v) is 6.20. The molecule has 0 aliphatic carbocycles. The Morgan fingerprint density at radius 1 is 1.00 bits per heavy atom. The average Bonchev–Trinajstić information content (AvgIpc) is 2.45. The van der Waals surface area contributed by atoms with Gasteiger partial charge >= 0.3 is 0 Å². The lowest BCUT2D eigenvalue weighted by Crippen LogP contribution is -2.17. The normalized spacial score (nSPS) is 12.6. The van der Waals surface area contributed by atoms with E-state index in [-0.39, 0.29) is 0 Å². The summed E-state index contributed by atoms with van der Waals surface area (Å²) >= 11 is 0. The Morgan fingerprint density at radius 2 is 1.70 bits per heavy atom. The lowest BCUT2D eigenvalue weighted by Gasteiger charge is -2.15. The third-order valence-electron chi connectivity index (χ3n) is 4.16. The van der Waals surface area contributed by atoms with Crippen LogP contribution in [-0.2, 0) is 6.42 Å². The molecule has 1 rings (SSSR count). The second-order valence-electron chi connectivity index (χ2n) is 6.20. The van der Waals surface area contributed by atoms with E-state index in [1.54, 1.807) is 0 Å². The van der Waals surface area contributed by atoms with Crippen LogP contribution in [0.25, 0.3) is 0 Å². The molecule has 0 radical (unpaired) electrons. The van der Waals surface area contributed by atoms with E-state index in [1.807, 2.05) is 0 Å². The van der Waals surface area contributed by atoms with Crippen LogP contribution in [0.5, 0.6) is 0 Å². The van der Waals surface area contributed by atoms with Crippen LogP contribution in [0.4, 0.5) is 0 Å². The molecule has 0 spiro atoms. The Hall–Kier alpha value is -0.820. The standard InChI is InChI=1S/C19H33N/c1-3-4-5-6-7-8-9-12-19(16-20)15-18-13-10-11-17(2)14-18/h10-11,13-14,19H,3-9,12,15-16,20H2,1-2H3. The maximum Gasteiger partial charge on any atom is -0.00457 e. The van der Waals surface area contributed by atoms with Crippen molar-refractivity contribution in [3.63, 3.8) is 0 Å². The van der Waals surface area contributed by atoms with Gasteiger partial charge in [0.05, 0.1) is 0 Å². The van der Waals surface area contributed by atoms with Crippen molar-refractivity contribution in [1.29, 1.82) is 0 Å². The number of unbranched alkanes of at least 4 members (excludes halogenated alkanes) is 6. The minimum Gasteiger partial charge on any atom is -0.330 e. The lowest BCUT2D eigenvalue weighted by molar-refractivity contribution is 0.455. The van der Waals surface area contributed by atoms with Crippen LogP contribution in [0.2, 0.25) is 0 Å². The fraction of sp³-hybridized carbons (Fsp3) is 0.684. The van der Waals surface area contributed by atoms with Crippen molar-refractivity contribution >= 4 is 0 Å². The fourth-order valence-electron chi connectivity index (χ4n) is 2.87. The van der Waals surface area contributed by atoms with Crippen molar-refractivity contribution in [3.8, 4) is 0 Å². The molecule has 20 heavy (non-hydrogen) atoms. The molecule has 0 saturated heterocycles. The molecule has 2 N–H and O–H groups in total. The molecule has 0 amide bonds. The van der Waals surface area contributed by atoms with E-state index < -0.39 is 0 Å². The Bertz CT molecular complexity index is 345. The van der Waals surface area contributed by atoms with E-state index in [1.165, 1.54) is 62.5 Å². The molecule has 0 aliphatic rings. The lowest BCUT2D eigenvalue weighted by atomic mass is 9.93. The molecule has 1 atom stereocenters. The van der Waals surface area contributed by atoms with Gasteiger partial charge in [-0.15, -0.1) is 0 Å². The van der Waals surface area contributed by atoms with Gasteiger partial charge in [-0.05, 0) is 37.8 Å². The van der Waals surface area contributed by atoms with Crippen molar-refractivity contribution < 1.29 is 0 Å². The molecule has 0 aliphatic heterocycles. The highest BCUT2D eigenvalue weighted by atomic mass is 14.5. The van der Waals surface area contributed by atoms with Crippen molar-refractivity contribution in [2.75, 3.05) is 6.54 Å². The zero-order valence-electron chi connectivity index (χ0n) is 13.5. The van der Waals surface area contributed by atoms with Gasteiger partial charge in [0.15, 0.2) is 0 Å². The van der Waals surface area contributed by atoms with E-state index in [9.17, 15) is 0 Å². The minimum atomic E-state index is 0.660. The summed E-state index contributed by atoms with van der Waals surface area (Å²) in [5.41, 5.74) is 8.74. The Labute approximate surface area is 126 Å². The van der Waals surface area contributed by atoms with E-state index in [4.69, 9.17) is 5.73 Å². The van der Waals surface area contributed by atoms with Crippen molar-refractivity contribution in [2.45, 2.75) is 71.6 Å². The highest BCUT2D eigenvalue weighted by Crippen LogP contribution is 2.17. The van der Waals surface area contributed by atoms with Gasteiger partial charge in [0, 0.05) is 0 Å². The number of rotatable bonds is 11. The van der Waals surface area contributed by atoms with Gasteiger partial charge in [-0.25, -0.2) is 0 Å². The molecule has 1 nitrogen and oxygen atoms in total. The topological polar surface area (TPSA) is 26.0 Å². The van der Waals surface area contributed by atoms with Gasteiger partial charge in [0.25, 0.3) is 0 Å². The third-order valence-corrected chi connectivity index (χ3v) is 4.16. The minimum absolute atomic E-state index is 0.660. The van der Waals surface area contributed by atoms with Crippen LogP contribution < -0.4 is 5.73 Å². The molecule has 1 aromatic rings. The zero-order valence-corrected chi connectivity index (χ0v) is 13.5. The van der Waals surface area contributed by atoms with Gasteiger partial charge < -0.3 is 5.73 Å². The first-order valence-corrected chi connectivity index (χ1v) is 8.52. The molecule has 1 unspecified atom stereocenters. The van der Waals surface area contributed by atoms with Gasteiger partial charge in [-0.2, -0.15) is 0 Å². The molecule has 114 valence electrons. The number of hydrogen-bond donors (Lipinski definition) is 1. The van der Waals surface area contributed by atoms with Gasteiger partial charge in [-0.3, -0.25) is 0 Å². The monoisotopic (exact) mass is 275 g/mol. The molecular formula is C19H33N. The van der Waals surface area contributed by atoms with Crippen LogP contribution in [0.1, 0.15) is 69.4 Å². The maximum atomic E-state index is 5.94. The molecular weight excluding hydrogens is 242 g/mol. The highest BCUT2D eigenvalue weighted by Gasteiger charge is 2.07. The summed E-state index contributed by atoms with van der Waals surface area (Å²) in [7, 11) is 0. The van der Waals surface area contributed by atoms with E-state index in [0.29, 0.717) is 5.92 Å². The van der Waals surface area contributed by atoms with Gasteiger partial charge in [-0.1, -0.05) is 81.7 Å². The summed E-state index contributed by atoms with van der Waals surface area (Å²) in [6.45, 7) is 5.26. The van der Waals surface area contributed by atoms with Crippen molar-refractivity contribution in [2.24, 2.45) is 11.7 Å². The molecule has 1 heteroatoms. The Balaban J connectivity index is 2.16. The predicted octanol–water partition coefficient (Wildman–Crippen LogP) is 5.25. The predicted molar refractivity (Wildman–Crippen MR) is 90.0 cm³/mol. The molecule has 0 saturated carbocycles. The van der Waals surface area contributed by atoms with Gasteiger partial charge in [0.1, 0.15) is 0 Å². The Morgan fingerprint density at radius 3 is 2.35 bits per heavy atom. The third kappa shape index (κ3) is 7.69. The number of benzene rings is 1. The van der Waals surface area contributed by atoms with Crippen molar-refractivity contribution in [3.05, 3.63) is 35.4 Å². The van der Waals surface area contributed by atoms with Crippen LogP contribution in [-0.4, -0.2) is 6.54 Å². The van der Waals surface area contributed by atoms with E-state index in [2.05, 4.69) is 38.1 Å². The summed E-state index contributed by atoms with van der Waals surface area (Å²) in [6, 6.07) is 8.86. The Kier molecular flexibility index (Phi) is 9.40. The van der Waals surface area contributed by atoms with Crippen LogP contribution in [0.15, 0.2) is 24.3 Å². The second kappa shape index (κ2) is 10.9. The van der Waals surface area contributed by atoms with Crippen LogP contribution in [0.3, 0.4) is 0 Å². The fourth-order valence-corrected chi connectivity index (χ4v) is 2.87. The summed E-state index contributed by atoms with van der Waals surface area (Å²) in [4.78, 5) is 0. The molecule has 0 heterocycles. The largest absolute Gasteiger partial charge is 0.330 e. The number of nitrogens with two attached hydrogens (primary N) is 1. The first kappa shape index (κ1) is 17.2.